The Morgan fingerprint density at radius 1 is 1.00 bits per heavy atom. The van der Waals surface area contributed by atoms with Crippen molar-refractivity contribution in [2.45, 2.75) is 6.54 Å². The Kier molecular flexibility index (Phi) is 3.84. The quantitative estimate of drug-likeness (QED) is 0.728. The van der Waals surface area contributed by atoms with Gasteiger partial charge in [0.25, 0.3) is 0 Å². The van der Waals surface area contributed by atoms with Gasteiger partial charge in [0.05, 0.1) is 5.52 Å². The smallest absolute Gasteiger partial charge is 0.149 e. The number of rotatable bonds is 3. The minimum atomic E-state index is -0.607. The zero-order chi connectivity index (χ0) is 14.8. The Morgan fingerprint density at radius 3 is 2.52 bits per heavy atom. The summed E-state index contributed by atoms with van der Waals surface area (Å²) in [4.78, 5) is 4.34. The van der Waals surface area contributed by atoms with Crippen LogP contribution in [0.5, 0.6) is 0 Å². The fraction of sp³-hybridized carbons (Fsp3) is 0.0625. The van der Waals surface area contributed by atoms with Gasteiger partial charge in [0.1, 0.15) is 17.3 Å². The van der Waals surface area contributed by atoms with Crippen LogP contribution in [-0.4, -0.2) is 4.98 Å². The zero-order valence-electron chi connectivity index (χ0n) is 10.9. The van der Waals surface area contributed by atoms with E-state index in [1.54, 1.807) is 6.20 Å². The van der Waals surface area contributed by atoms with Gasteiger partial charge in [0, 0.05) is 22.6 Å². The van der Waals surface area contributed by atoms with Gasteiger partial charge in [-0.05, 0) is 29.8 Å². The van der Waals surface area contributed by atoms with Crippen LogP contribution in [0.1, 0.15) is 5.56 Å². The Morgan fingerprint density at radius 2 is 1.76 bits per heavy atom. The predicted octanol–water partition coefficient (Wildman–Crippen LogP) is 4.89. The molecule has 2 aromatic carbocycles. The van der Waals surface area contributed by atoms with Crippen LogP contribution in [0.25, 0.3) is 10.9 Å². The average Bonchev–Trinajstić information content (AvgIpc) is 2.49. The first-order chi connectivity index (χ1) is 10.2. The van der Waals surface area contributed by atoms with E-state index in [0.717, 1.165) is 20.9 Å². The van der Waals surface area contributed by atoms with Crippen LogP contribution < -0.4 is 5.32 Å². The highest BCUT2D eigenvalue weighted by Crippen LogP contribution is 2.26. The topological polar surface area (TPSA) is 24.9 Å². The first-order valence-electron chi connectivity index (χ1n) is 6.37. The highest BCUT2D eigenvalue weighted by Gasteiger charge is 2.10. The van der Waals surface area contributed by atoms with E-state index in [1.807, 2.05) is 24.3 Å². The minimum Gasteiger partial charge on any atom is -0.376 e. The molecule has 0 aliphatic carbocycles. The molecule has 0 bridgehead atoms. The van der Waals surface area contributed by atoms with Crippen molar-refractivity contribution in [3.63, 3.8) is 0 Å². The molecular weight excluding hydrogens is 338 g/mol. The molecule has 0 aliphatic rings. The van der Waals surface area contributed by atoms with Crippen LogP contribution in [-0.2, 0) is 6.54 Å². The van der Waals surface area contributed by atoms with E-state index in [0.29, 0.717) is 6.54 Å². The van der Waals surface area contributed by atoms with E-state index < -0.39 is 11.6 Å². The molecule has 3 aromatic rings. The third-order valence-corrected chi connectivity index (χ3v) is 3.91. The summed E-state index contributed by atoms with van der Waals surface area (Å²) in [7, 11) is 0. The summed E-state index contributed by atoms with van der Waals surface area (Å²) in [6.07, 6.45) is 1.70. The Bertz CT molecular complexity index is 785. The molecule has 21 heavy (non-hydrogen) atoms. The highest BCUT2D eigenvalue weighted by atomic mass is 79.9. The molecule has 106 valence electrons. The van der Waals surface area contributed by atoms with Crippen molar-refractivity contribution >= 4 is 32.5 Å². The number of hydrogen-bond acceptors (Lipinski definition) is 2. The molecule has 0 saturated carbocycles. The molecule has 0 unspecified atom stereocenters. The molecule has 0 amide bonds. The lowest BCUT2D eigenvalue weighted by molar-refractivity contribution is 0.588. The van der Waals surface area contributed by atoms with Crippen molar-refractivity contribution in [3.8, 4) is 0 Å². The van der Waals surface area contributed by atoms with Crippen molar-refractivity contribution in [3.05, 3.63) is 70.3 Å². The number of benzene rings is 2. The average molecular weight is 349 g/mol. The number of halogens is 3. The largest absolute Gasteiger partial charge is 0.376 e. The Labute approximate surface area is 129 Å². The maximum atomic E-state index is 13.6. The van der Waals surface area contributed by atoms with E-state index in [9.17, 15) is 8.78 Å². The van der Waals surface area contributed by atoms with Gasteiger partial charge in [-0.3, -0.25) is 4.98 Å². The number of para-hydroxylation sites is 1. The van der Waals surface area contributed by atoms with Gasteiger partial charge >= 0.3 is 0 Å². The molecule has 0 radical (unpaired) electrons. The number of aromatic nitrogens is 1. The molecular formula is C16H11BrF2N2. The van der Waals surface area contributed by atoms with Crippen LogP contribution in [0, 0.1) is 11.6 Å². The Hall–Kier alpha value is -2.01. The third-order valence-electron chi connectivity index (χ3n) is 3.22. The van der Waals surface area contributed by atoms with E-state index >= 15 is 0 Å². The van der Waals surface area contributed by atoms with Gasteiger partial charge in [0.2, 0.25) is 0 Å². The van der Waals surface area contributed by atoms with E-state index in [1.165, 1.54) is 18.2 Å². The maximum absolute atomic E-state index is 13.6. The lowest BCUT2D eigenvalue weighted by atomic mass is 10.1. The molecule has 0 spiro atoms. The highest BCUT2D eigenvalue weighted by molar-refractivity contribution is 9.10. The number of nitrogens with zero attached hydrogens (tertiary/aromatic N) is 1. The molecule has 0 saturated heterocycles. The summed E-state index contributed by atoms with van der Waals surface area (Å²) in [6, 6.07) is 11.4. The first-order valence-corrected chi connectivity index (χ1v) is 7.16. The number of fused-ring (bicyclic) bond motifs is 1. The van der Waals surface area contributed by atoms with Gasteiger partial charge in [-0.1, -0.05) is 34.1 Å². The Balaban J connectivity index is 1.94. The van der Waals surface area contributed by atoms with E-state index in [2.05, 4.69) is 26.2 Å². The molecule has 3 rings (SSSR count). The first kappa shape index (κ1) is 13.9. The van der Waals surface area contributed by atoms with Crippen LogP contribution in [0.15, 0.2) is 53.1 Å². The second-order valence-electron chi connectivity index (χ2n) is 4.56. The predicted molar refractivity (Wildman–Crippen MR) is 83.1 cm³/mol. The third kappa shape index (κ3) is 2.74. The molecule has 0 aliphatic heterocycles. The molecule has 5 heteroatoms. The standard InChI is InChI=1S/C16H11BrF2N2/c17-12-7-6-10(15-11(12)3-2-8-20-15)9-21-16-13(18)4-1-5-14(16)19/h1-8,21H,9H2. The molecule has 0 fully saturated rings. The monoisotopic (exact) mass is 348 g/mol. The van der Waals surface area contributed by atoms with Crippen molar-refractivity contribution in [1.82, 2.24) is 4.98 Å². The number of nitrogens with one attached hydrogen (secondary N) is 1. The van der Waals surface area contributed by atoms with Crippen molar-refractivity contribution in [1.29, 1.82) is 0 Å². The summed E-state index contributed by atoms with van der Waals surface area (Å²) >= 11 is 3.47. The van der Waals surface area contributed by atoms with Gasteiger partial charge in [-0.25, -0.2) is 8.78 Å². The van der Waals surface area contributed by atoms with E-state index in [4.69, 9.17) is 0 Å². The summed E-state index contributed by atoms with van der Waals surface area (Å²) in [5, 5.41) is 3.77. The van der Waals surface area contributed by atoms with Gasteiger partial charge in [-0.2, -0.15) is 0 Å². The second-order valence-corrected chi connectivity index (χ2v) is 5.41. The fourth-order valence-electron chi connectivity index (χ4n) is 2.19. The minimum absolute atomic E-state index is 0.121. The van der Waals surface area contributed by atoms with Crippen LogP contribution in [0.4, 0.5) is 14.5 Å². The summed E-state index contributed by atoms with van der Waals surface area (Å²) < 4.78 is 28.1. The summed E-state index contributed by atoms with van der Waals surface area (Å²) in [5.41, 5.74) is 1.55. The van der Waals surface area contributed by atoms with Gasteiger partial charge in [-0.15, -0.1) is 0 Å². The summed E-state index contributed by atoms with van der Waals surface area (Å²) in [5.74, 6) is -1.21. The molecule has 1 heterocycles. The SMILES string of the molecule is Fc1cccc(F)c1NCc1ccc(Br)c2cccnc12. The van der Waals surface area contributed by atoms with Crippen LogP contribution >= 0.6 is 15.9 Å². The summed E-state index contributed by atoms with van der Waals surface area (Å²) in [6.45, 7) is 0.290. The lowest BCUT2D eigenvalue weighted by Crippen LogP contribution is -2.04. The molecule has 2 nitrogen and oxygen atoms in total. The lowest BCUT2D eigenvalue weighted by Gasteiger charge is -2.11. The van der Waals surface area contributed by atoms with Crippen molar-refractivity contribution < 1.29 is 8.78 Å². The van der Waals surface area contributed by atoms with Crippen molar-refractivity contribution in [2.24, 2.45) is 0 Å². The molecule has 0 atom stereocenters. The number of hydrogen-bond donors (Lipinski definition) is 1. The second kappa shape index (κ2) is 5.77. The van der Waals surface area contributed by atoms with Crippen LogP contribution in [0.2, 0.25) is 0 Å². The zero-order valence-corrected chi connectivity index (χ0v) is 12.5. The van der Waals surface area contributed by atoms with Gasteiger partial charge in [0.15, 0.2) is 0 Å². The maximum Gasteiger partial charge on any atom is 0.149 e. The van der Waals surface area contributed by atoms with Gasteiger partial charge < -0.3 is 5.32 Å². The van der Waals surface area contributed by atoms with Crippen LogP contribution in [0.3, 0.4) is 0 Å². The fourth-order valence-corrected chi connectivity index (χ4v) is 2.64. The molecule has 1 aromatic heterocycles. The van der Waals surface area contributed by atoms with E-state index in [-0.39, 0.29) is 5.69 Å². The number of pyridine rings is 1. The van der Waals surface area contributed by atoms with Crippen molar-refractivity contribution in [2.75, 3.05) is 5.32 Å². The molecule has 1 N–H and O–H groups in total. The number of anilines is 1. The normalized spacial score (nSPS) is 10.8.